The number of pyridine rings is 1. The maximum Gasteiger partial charge on any atom is 0.211 e. The molecule has 7 heteroatoms. The van der Waals surface area contributed by atoms with Crippen LogP contribution < -0.4 is 4.90 Å². The van der Waals surface area contributed by atoms with Crippen LogP contribution in [0.4, 0.5) is 5.95 Å². The number of hydrogen-bond acceptors (Lipinski definition) is 6. The maximum atomic E-state index is 8.40. The maximum absolute atomic E-state index is 8.40. The summed E-state index contributed by atoms with van der Waals surface area (Å²) in [5.74, 6) is 0.954. The summed E-state index contributed by atoms with van der Waals surface area (Å²) in [6, 6.07) is 10.3. The van der Waals surface area contributed by atoms with Crippen molar-refractivity contribution >= 4 is 40.0 Å². The lowest BCUT2D eigenvalue weighted by Gasteiger charge is -2.40. The molecule has 2 aliphatic rings. The molecule has 156 valence electrons. The van der Waals surface area contributed by atoms with E-state index in [9.17, 15) is 0 Å². The Balaban J connectivity index is 1.31. The molecule has 4 heterocycles. The fourth-order valence-electron chi connectivity index (χ4n) is 5.17. The molecule has 1 spiro atoms. The summed E-state index contributed by atoms with van der Waals surface area (Å²) in [7, 11) is 0. The first-order valence-corrected chi connectivity index (χ1v) is 11.7. The minimum absolute atomic E-state index is 0.156. The van der Waals surface area contributed by atoms with Crippen molar-refractivity contribution in [2.45, 2.75) is 41.9 Å². The highest BCUT2D eigenvalue weighted by molar-refractivity contribution is 7.99. The van der Waals surface area contributed by atoms with Gasteiger partial charge in [0.05, 0.1) is 10.4 Å². The molecule has 0 atom stereocenters. The third kappa shape index (κ3) is 3.10. The van der Waals surface area contributed by atoms with E-state index in [0.717, 1.165) is 70.4 Å². The van der Waals surface area contributed by atoms with E-state index < -0.39 is 0 Å². The second-order valence-corrected chi connectivity index (χ2v) is 9.65. The number of piperidine rings is 1. The Morgan fingerprint density at radius 3 is 2.65 bits per heavy atom. The van der Waals surface area contributed by atoms with E-state index in [2.05, 4.69) is 31.4 Å². The van der Waals surface area contributed by atoms with Crippen LogP contribution in [0.3, 0.4) is 0 Å². The molecular weight excluding hydrogens is 404 g/mol. The van der Waals surface area contributed by atoms with Gasteiger partial charge in [-0.25, -0.2) is 9.97 Å². The zero-order valence-corrected chi connectivity index (χ0v) is 18.1. The second kappa shape index (κ2) is 7.34. The van der Waals surface area contributed by atoms with Crippen LogP contribution in [0.1, 0.15) is 32.1 Å². The molecule has 1 aromatic carbocycles. The van der Waals surface area contributed by atoms with Gasteiger partial charge in [0.25, 0.3) is 0 Å². The minimum Gasteiger partial charge on any atom is -0.342 e. The van der Waals surface area contributed by atoms with Crippen LogP contribution in [0.5, 0.6) is 0 Å². The van der Waals surface area contributed by atoms with E-state index in [1.807, 2.05) is 43.0 Å². The van der Waals surface area contributed by atoms with Crippen molar-refractivity contribution in [2.24, 2.45) is 5.41 Å². The average Bonchev–Trinajstić information content (AvgIpc) is 3.43. The molecule has 0 amide bonds. The molecule has 3 aromatic heterocycles. The van der Waals surface area contributed by atoms with E-state index in [-0.39, 0.29) is 5.41 Å². The molecule has 1 N–H and O–H groups in total. The zero-order chi connectivity index (χ0) is 20.8. The Hall–Kier alpha value is -2.93. The third-order valence-corrected chi connectivity index (χ3v) is 8.01. The molecule has 1 saturated carbocycles. The number of imidazole rings is 1. The Morgan fingerprint density at radius 2 is 1.81 bits per heavy atom. The van der Waals surface area contributed by atoms with Crippen LogP contribution in [-0.4, -0.2) is 38.2 Å². The number of nitrogens with zero attached hydrogens (tertiary/aromatic N) is 5. The van der Waals surface area contributed by atoms with E-state index in [1.54, 1.807) is 11.8 Å². The van der Waals surface area contributed by atoms with Gasteiger partial charge in [0.2, 0.25) is 5.95 Å². The fourth-order valence-corrected chi connectivity index (χ4v) is 6.17. The number of para-hydroxylation sites is 1. The molecule has 1 aliphatic carbocycles. The highest BCUT2D eigenvalue weighted by Gasteiger charge is 2.41. The third-order valence-electron chi connectivity index (χ3n) is 6.93. The molecule has 2 fully saturated rings. The number of rotatable bonds is 3. The largest absolute Gasteiger partial charge is 0.342 e. The minimum atomic E-state index is 0.156. The monoisotopic (exact) mass is 428 g/mol. The highest BCUT2D eigenvalue weighted by atomic mass is 32.2. The number of anilines is 1. The van der Waals surface area contributed by atoms with Crippen LogP contribution >= 0.6 is 11.8 Å². The number of nitrogens with one attached hydrogen (secondary N) is 1. The number of hydrogen-bond donors (Lipinski definition) is 1. The van der Waals surface area contributed by atoms with Crippen molar-refractivity contribution in [3.63, 3.8) is 0 Å². The van der Waals surface area contributed by atoms with Gasteiger partial charge in [0.1, 0.15) is 0 Å². The van der Waals surface area contributed by atoms with Gasteiger partial charge in [0.15, 0.2) is 5.65 Å². The molecule has 0 unspecified atom stereocenters. The molecule has 1 saturated heterocycles. The van der Waals surface area contributed by atoms with E-state index in [4.69, 9.17) is 10.4 Å². The van der Waals surface area contributed by atoms with E-state index >= 15 is 0 Å². The first kappa shape index (κ1) is 18.8. The molecule has 6 rings (SSSR count). The Kier molecular flexibility index (Phi) is 4.45. The van der Waals surface area contributed by atoms with Crippen molar-refractivity contribution in [1.29, 1.82) is 5.41 Å². The predicted molar refractivity (Wildman–Crippen MR) is 124 cm³/mol. The van der Waals surface area contributed by atoms with Gasteiger partial charge in [-0.1, -0.05) is 30.0 Å². The van der Waals surface area contributed by atoms with Crippen LogP contribution in [0, 0.1) is 10.8 Å². The number of fused-ring (bicyclic) bond motifs is 2. The van der Waals surface area contributed by atoms with Gasteiger partial charge in [-0.05, 0) is 44.2 Å². The van der Waals surface area contributed by atoms with E-state index in [1.165, 1.54) is 12.8 Å². The summed E-state index contributed by atoms with van der Waals surface area (Å²) in [5, 5.41) is 9.55. The Bertz CT molecular complexity index is 1280. The number of benzene rings is 1. The van der Waals surface area contributed by atoms with Gasteiger partial charge < -0.3 is 10.3 Å². The van der Waals surface area contributed by atoms with Gasteiger partial charge in [-0.15, -0.1) is 0 Å². The van der Waals surface area contributed by atoms with Crippen LogP contribution in [0.15, 0.2) is 64.9 Å². The van der Waals surface area contributed by atoms with Crippen LogP contribution in [0.25, 0.3) is 16.6 Å². The van der Waals surface area contributed by atoms with Crippen molar-refractivity contribution < 1.29 is 0 Å². The lowest BCUT2D eigenvalue weighted by molar-refractivity contribution is 0.316. The number of aromatic nitrogens is 4. The molecule has 1 aliphatic heterocycles. The first-order chi connectivity index (χ1) is 15.2. The van der Waals surface area contributed by atoms with Gasteiger partial charge in [0, 0.05) is 59.3 Å². The smallest absolute Gasteiger partial charge is 0.211 e. The fraction of sp³-hybridized carbons (Fsp3) is 0.333. The summed E-state index contributed by atoms with van der Waals surface area (Å²) in [6.45, 7) is 1.90. The molecule has 0 bridgehead atoms. The van der Waals surface area contributed by atoms with Crippen LogP contribution in [-0.2, 0) is 0 Å². The summed E-state index contributed by atoms with van der Waals surface area (Å²) >= 11 is 1.69. The molecule has 31 heavy (non-hydrogen) atoms. The Morgan fingerprint density at radius 1 is 0.935 bits per heavy atom. The lowest BCUT2D eigenvalue weighted by atomic mass is 9.76. The second-order valence-electron chi connectivity index (χ2n) is 8.57. The topological polar surface area (TPSA) is 70.2 Å². The Labute approximate surface area is 185 Å². The van der Waals surface area contributed by atoms with Crippen molar-refractivity contribution in [3.05, 3.63) is 55.1 Å². The standard InChI is InChI=1S/C24H24N6S/c25-21-6-3-8-24(21)9-13-29(14-10-24)23-28-16-20(22-27-12-15-30(22)23)31-19-7-11-26-18-5-2-1-4-17(18)19/h1-2,4-5,7,11-12,15-16,25H,3,6,8-10,13-14H2. The normalized spacial score (nSPS) is 18.5. The van der Waals surface area contributed by atoms with Crippen molar-refractivity contribution in [2.75, 3.05) is 18.0 Å². The van der Waals surface area contributed by atoms with Gasteiger partial charge in [-0.3, -0.25) is 9.38 Å². The summed E-state index contributed by atoms with van der Waals surface area (Å²) in [6.07, 6.45) is 13.1. The highest BCUT2D eigenvalue weighted by Crippen LogP contribution is 2.44. The zero-order valence-electron chi connectivity index (χ0n) is 17.3. The van der Waals surface area contributed by atoms with Crippen LogP contribution in [0.2, 0.25) is 0 Å². The summed E-state index contributed by atoms with van der Waals surface area (Å²) in [4.78, 5) is 18.6. The van der Waals surface area contributed by atoms with Crippen molar-refractivity contribution in [3.8, 4) is 0 Å². The first-order valence-electron chi connectivity index (χ1n) is 10.9. The van der Waals surface area contributed by atoms with E-state index in [0.29, 0.717) is 0 Å². The SMILES string of the molecule is N=C1CCCC12CCN(c1ncc(Sc3ccnc4ccccc34)c3nccn13)CC2. The predicted octanol–water partition coefficient (Wildman–Crippen LogP) is 5.22. The van der Waals surface area contributed by atoms with Crippen molar-refractivity contribution in [1.82, 2.24) is 19.4 Å². The molecule has 6 nitrogen and oxygen atoms in total. The van der Waals surface area contributed by atoms with Gasteiger partial charge in [-0.2, -0.15) is 0 Å². The lowest BCUT2D eigenvalue weighted by Crippen LogP contribution is -2.43. The molecular formula is C24H24N6S. The molecule has 4 aromatic rings. The average molecular weight is 429 g/mol. The molecule has 0 radical (unpaired) electrons. The summed E-state index contributed by atoms with van der Waals surface area (Å²) < 4.78 is 2.11. The summed E-state index contributed by atoms with van der Waals surface area (Å²) in [5.41, 5.74) is 3.06. The quantitative estimate of drug-likeness (QED) is 0.484. The van der Waals surface area contributed by atoms with Gasteiger partial charge >= 0.3 is 0 Å².